The lowest BCUT2D eigenvalue weighted by Crippen LogP contribution is -2.61. The van der Waals surface area contributed by atoms with Crippen LogP contribution in [0.2, 0.25) is 0 Å². The van der Waals surface area contributed by atoms with Gasteiger partial charge in [-0.2, -0.15) is 0 Å². The van der Waals surface area contributed by atoms with Crippen LogP contribution in [0.15, 0.2) is 267 Å². The van der Waals surface area contributed by atoms with Crippen LogP contribution in [0.3, 0.4) is 0 Å². The molecule has 0 saturated heterocycles. The molecule has 0 radical (unpaired) electrons. The van der Waals surface area contributed by atoms with Crippen LogP contribution in [-0.2, 0) is 0 Å². The van der Waals surface area contributed by atoms with Crippen molar-refractivity contribution in [3.05, 3.63) is 267 Å². The summed E-state index contributed by atoms with van der Waals surface area (Å²) in [7, 11) is 0. The average Bonchev–Trinajstić information content (AvgIpc) is 1.30. The van der Waals surface area contributed by atoms with Crippen molar-refractivity contribution in [3.63, 3.8) is 0 Å². The highest BCUT2D eigenvalue weighted by atomic mass is 16.5. The third-order valence-corrected chi connectivity index (χ3v) is 19.3. The molecule has 8 heterocycles. The molecule has 0 unspecified atom stereocenters. The highest BCUT2D eigenvalue weighted by molar-refractivity contribution is 7.01. The zero-order valence-corrected chi connectivity index (χ0v) is 47.0. The lowest BCUT2D eigenvalue weighted by Gasteiger charge is -2.37. The Hall–Kier alpha value is -11.6. The molecule has 4 aromatic heterocycles. The topological polar surface area (TPSA) is 56.6 Å². The van der Waals surface area contributed by atoms with Crippen molar-refractivity contribution in [2.24, 2.45) is 0 Å². The van der Waals surface area contributed by atoms with Crippen LogP contribution >= 0.6 is 0 Å². The molecule has 10 heteroatoms. The smallest absolute Gasteiger partial charge is 0.260 e. The van der Waals surface area contributed by atoms with Crippen molar-refractivity contribution in [1.29, 1.82) is 0 Å². The van der Waals surface area contributed by atoms with E-state index in [9.17, 15) is 0 Å². The maximum absolute atomic E-state index is 7.39. The van der Waals surface area contributed by atoms with Gasteiger partial charge in [0, 0.05) is 95.7 Å². The molecule has 0 aliphatic carbocycles. The number of nitrogens with zero attached hydrogens (tertiary/aromatic N) is 4. The van der Waals surface area contributed by atoms with Crippen molar-refractivity contribution in [2.75, 3.05) is 0 Å². The molecule has 0 amide bonds. The van der Waals surface area contributed by atoms with Crippen molar-refractivity contribution in [1.82, 2.24) is 18.3 Å². The largest absolute Gasteiger partial charge is 0.458 e. The van der Waals surface area contributed by atoms with E-state index in [0.717, 1.165) is 135 Å². The highest BCUT2D eigenvalue weighted by Gasteiger charge is 2.46. The summed E-state index contributed by atoms with van der Waals surface area (Å²) < 4.78 is 38.5. The normalized spacial score (nSPS) is 13.3. The maximum Gasteiger partial charge on any atom is 0.260 e. The molecule has 0 saturated carbocycles. The lowest BCUT2D eigenvalue weighted by molar-refractivity contribution is 0.451. The quantitative estimate of drug-likeness (QED) is 0.165. The Labute approximate surface area is 503 Å². The Morgan fingerprint density at radius 3 is 0.875 bits per heavy atom. The summed E-state index contributed by atoms with van der Waals surface area (Å²) in [5.41, 5.74) is 19.4. The standard InChI is InChI=1S/C78H44B2N4O4/c1-3-19-45(20-4-1)81-61-29-13-7-23-49(61)53-39-55-51-25-9-15-31-63(51)83(67(55)42-65(53)81)47-35-73-77-75(37-47)87-71-44-72-60(41-59(71)79(77)57-27-11-17-33-69(57)85-73)80-58-28-12-18-34-70(58)86-74-36-48(38-76(88-72)78(74)80)84-64-32-16-10-26-52(64)56-40-54-50-24-8-14-30-62(50)82(66(54)43-68(56)84)46-21-5-2-6-22-46/h1-44H. The third kappa shape index (κ3) is 6.19. The van der Waals surface area contributed by atoms with Crippen LogP contribution in [0.5, 0.6) is 46.0 Å². The number of hydrogen-bond acceptors (Lipinski definition) is 4. The van der Waals surface area contributed by atoms with E-state index in [1.54, 1.807) is 0 Å². The van der Waals surface area contributed by atoms with E-state index in [1.165, 1.54) is 54.1 Å². The average molecular weight is 1120 g/mol. The molecule has 0 fully saturated rings. The van der Waals surface area contributed by atoms with Gasteiger partial charge < -0.3 is 37.2 Å². The van der Waals surface area contributed by atoms with Gasteiger partial charge in [-0.3, -0.25) is 0 Å². The van der Waals surface area contributed by atoms with Gasteiger partial charge >= 0.3 is 0 Å². The predicted octanol–water partition coefficient (Wildman–Crippen LogP) is 15.5. The number of para-hydroxylation sites is 8. The lowest BCUT2D eigenvalue weighted by atomic mass is 9.31. The first-order chi connectivity index (χ1) is 43.6. The van der Waals surface area contributed by atoms with Gasteiger partial charge in [-0.05, 0) is 107 Å². The first kappa shape index (κ1) is 46.7. The molecule has 4 aliphatic heterocycles. The third-order valence-electron chi connectivity index (χ3n) is 19.3. The van der Waals surface area contributed by atoms with Crippen LogP contribution in [0.1, 0.15) is 0 Å². The van der Waals surface area contributed by atoms with Crippen LogP contribution in [0, 0.1) is 0 Å². The number of rotatable bonds is 4. The van der Waals surface area contributed by atoms with E-state index in [4.69, 9.17) is 18.9 Å². The maximum atomic E-state index is 7.39. The van der Waals surface area contributed by atoms with Crippen molar-refractivity contribution in [2.45, 2.75) is 0 Å². The molecule has 21 rings (SSSR count). The molecular weight excluding hydrogens is 1080 g/mol. The molecule has 17 aromatic rings. The van der Waals surface area contributed by atoms with E-state index in [2.05, 4.69) is 285 Å². The fourth-order valence-electron chi connectivity index (χ4n) is 15.7. The molecule has 0 N–H and O–H groups in total. The number of ether oxygens (including phenoxy) is 4. The Kier molecular flexibility index (Phi) is 9.06. The molecule has 0 spiro atoms. The molecule has 0 atom stereocenters. The number of aromatic nitrogens is 4. The minimum absolute atomic E-state index is 0.196. The molecule has 88 heavy (non-hydrogen) atoms. The fourth-order valence-corrected chi connectivity index (χ4v) is 15.7. The molecule has 13 aromatic carbocycles. The number of fused-ring (bicyclic) bond motifs is 20. The molecule has 8 nitrogen and oxygen atoms in total. The number of hydrogen-bond donors (Lipinski definition) is 0. The van der Waals surface area contributed by atoms with Crippen LogP contribution in [-0.4, -0.2) is 31.7 Å². The van der Waals surface area contributed by atoms with Gasteiger partial charge in [-0.1, -0.05) is 152 Å². The van der Waals surface area contributed by atoms with E-state index < -0.39 is 0 Å². The van der Waals surface area contributed by atoms with Gasteiger partial charge in [0.05, 0.1) is 55.5 Å². The summed E-state index contributed by atoms with van der Waals surface area (Å²) in [5.74, 6) is 6.16. The molecule has 4 aliphatic rings. The summed E-state index contributed by atoms with van der Waals surface area (Å²) in [6, 6.07) is 96.1. The van der Waals surface area contributed by atoms with Gasteiger partial charge in [0.25, 0.3) is 13.4 Å². The summed E-state index contributed by atoms with van der Waals surface area (Å²) in [4.78, 5) is 0. The second-order valence-electron chi connectivity index (χ2n) is 23.8. The Balaban J connectivity index is 0.759. The highest BCUT2D eigenvalue weighted by Crippen LogP contribution is 2.46. The van der Waals surface area contributed by atoms with E-state index in [1.807, 2.05) is 0 Å². The fraction of sp³-hybridized carbons (Fsp3) is 0. The van der Waals surface area contributed by atoms with E-state index >= 15 is 0 Å². The van der Waals surface area contributed by atoms with Crippen molar-refractivity contribution < 1.29 is 18.9 Å². The SMILES string of the molecule is c1ccc(-n2c3ccccc3c3cc4c5ccccc5n(-c5cc6c7c(c5)Oc5cc8c(cc5B7c5ccccc5O6)B5c6ccccc6Oc6cc(-n7c9ccccc9c9cc%10c%11ccccc%11n(-c%11ccccc%11)c%10cc97)cc(c65)O8)c4cc32)cc1. The van der Waals surface area contributed by atoms with Crippen LogP contribution < -0.4 is 51.7 Å². The first-order valence-electron chi connectivity index (χ1n) is 30.1. The molecular formula is C78H44B2N4O4. The minimum atomic E-state index is -0.196. The first-order valence-corrected chi connectivity index (χ1v) is 30.1. The second kappa shape index (κ2) is 17.1. The predicted molar refractivity (Wildman–Crippen MR) is 359 cm³/mol. The Morgan fingerprint density at radius 2 is 0.500 bits per heavy atom. The van der Waals surface area contributed by atoms with E-state index in [0.29, 0.717) is 0 Å². The van der Waals surface area contributed by atoms with E-state index in [-0.39, 0.29) is 13.4 Å². The summed E-state index contributed by atoms with van der Waals surface area (Å²) >= 11 is 0. The molecule has 406 valence electrons. The Bertz CT molecular complexity index is 5620. The Morgan fingerprint density at radius 1 is 0.193 bits per heavy atom. The van der Waals surface area contributed by atoms with Gasteiger partial charge in [0.15, 0.2) is 0 Å². The van der Waals surface area contributed by atoms with Gasteiger partial charge in [-0.25, -0.2) is 0 Å². The summed E-state index contributed by atoms with van der Waals surface area (Å²) in [5, 5.41) is 9.54. The van der Waals surface area contributed by atoms with Crippen LogP contribution in [0.25, 0.3) is 110 Å². The second-order valence-corrected chi connectivity index (χ2v) is 23.8. The zero-order chi connectivity index (χ0) is 57.0. The minimum Gasteiger partial charge on any atom is -0.458 e. The molecule has 0 bridgehead atoms. The summed E-state index contributed by atoms with van der Waals surface area (Å²) in [6.45, 7) is -0.392. The van der Waals surface area contributed by atoms with Gasteiger partial charge in [0.1, 0.15) is 46.0 Å². The van der Waals surface area contributed by atoms with Crippen molar-refractivity contribution in [3.8, 4) is 68.7 Å². The van der Waals surface area contributed by atoms with Crippen molar-refractivity contribution >= 4 is 133 Å². The van der Waals surface area contributed by atoms with Crippen LogP contribution in [0.4, 0.5) is 0 Å². The van der Waals surface area contributed by atoms with Gasteiger partial charge in [0.2, 0.25) is 0 Å². The zero-order valence-electron chi connectivity index (χ0n) is 47.0. The monoisotopic (exact) mass is 1120 g/mol. The summed E-state index contributed by atoms with van der Waals surface area (Å²) in [6.07, 6.45) is 0. The van der Waals surface area contributed by atoms with Gasteiger partial charge in [-0.15, -0.1) is 0 Å². The number of benzene rings is 13.